The maximum absolute atomic E-state index is 12.6. The Kier molecular flexibility index (Phi) is 7.48. The number of rotatable bonds is 9. The molecule has 1 amide bonds. The predicted octanol–water partition coefficient (Wildman–Crippen LogP) is 3.75. The average molecular weight is 341 g/mol. The molecule has 134 valence electrons. The normalized spacial score (nSPS) is 10.5. The number of benzene rings is 2. The predicted molar refractivity (Wildman–Crippen MR) is 99.8 cm³/mol. The molecule has 0 spiro atoms. The second kappa shape index (κ2) is 9.84. The van der Waals surface area contributed by atoms with Crippen molar-refractivity contribution in [3.63, 3.8) is 0 Å². The number of aryl methyl sites for hydroxylation is 2. The molecule has 0 aliphatic carbocycles. The molecule has 4 nitrogen and oxygen atoms in total. The first-order valence-electron chi connectivity index (χ1n) is 8.61. The minimum Gasteiger partial charge on any atom is -0.493 e. The topological polar surface area (TPSA) is 38.8 Å². The molecule has 0 heterocycles. The number of nitrogens with zero attached hydrogens (tertiary/aromatic N) is 1. The van der Waals surface area contributed by atoms with Crippen molar-refractivity contribution in [2.45, 2.75) is 26.8 Å². The van der Waals surface area contributed by atoms with Crippen LogP contribution in [-0.2, 0) is 16.1 Å². The summed E-state index contributed by atoms with van der Waals surface area (Å²) in [6, 6.07) is 16.1. The van der Waals surface area contributed by atoms with Crippen molar-refractivity contribution in [1.82, 2.24) is 4.90 Å². The SMILES string of the molecule is COCCN(Cc1ccccc1)C(=O)CCOc1cc(C)ccc1C. The van der Waals surface area contributed by atoms with E-state index in [1.165, 1.54) is 0 Å². The Labute approximate surface area is 150 Å². The summed E-state index contributed by atoms with van der Waals surface area (Å²) in [7, 11) is 1.65. The fourth-order valence-corrected chi connectivity index (χ4v) is 2.57. The fraction of sp³-hybridized carbons (Fsp3) is 0.381. The van der Waals surface area contributed by atoms with Crippen molar-refractivity contribution in [3.05, 3.63) is 65.2 Å². The van der Waals surface area contributed by atoms with Crippen LogP contribution in [0.5, 0.6) is 5.75 Å². The van der Waals surface area contributed by atoms with Gasteiger partial charge in [-0.15, -0.1) is 0 Å². The van der Waals surface area contributed by atoms with Gasteiger partial charge in [0.2, 0.25) is 5.91 Å². The number of methoxy groups -OCH3 is 1. The van der Waals surface area contributed by atoms with E-state index in [2.05, 4.69) is 6.07 Å². The fourth-order valence-electron chi connectivity index (χ4n) is 2.57. The highest BCUT2D eigenvalue weighted by Crippen LogP contribution is 2.19. The molecule has 0 saturated heterocycles. The van der Waals surface area contributed by atoms with Crippen LogP contribution in [0.2, 0.25) is 0 Å². The van der Waals surface area contributed by atoms with Crippen molar-refractivity contribution >= 4 is 5.91 Å². The Morgan fingerprint density at radius 1 is 1.04 bits per heavy atom. The lowest BCUT2D eigenvalue weighted by Crippen LogP contribution is -2.34. The Balaban J connectivity index is 1.91. The summed E-state index contributed by atoms with van der Waals surface area (Å²) >= 11 is 0. The van der Waals surface area contributed by atoms with E-state index in [-0.39, 0.29) is 5.91 Å². The summed E-state index contributed by atoms with van der Waals surface area (Å²) in [5.41, 5.74) is 3.35. The Morgan fingerprint density at radius 3 is 2.52 bits per heavy atom. The molecule has 2 aromatic carbocycles. The zero-order valence-corrected chi connectivity index (χ0v) is 15.3. The van der Waals surface area contributed by atoms with Crippen molar-refractivity contribution in [2.24, 2.45) is 0 Å². The van der Waals surface area contributed by atoms with E-state index < -0.39 is 0 Å². The van der Waals surface area contributed by atoms with Crippen LogP contribution in [0.4, 0.5) is 0 Å². The van der Waals surface area contributed by atoms with Gasteiger partial charge in [-0.2, -0.15) is 0 Å². The summed E-state index contributed by atoms with van der Waals surface area (Å²) in [6.45, 7) is 6.11. The van der Waals surface area contributed by atoms with E-state index in [4.69, 9.17) is 9.47 Å². The lowest BCUT2D eigenvalue weighted by atomic mass is 10.1. The minimum absolute atomic E-state index is 0.0752. The van der Waals surface area contributed by atoms with Gasteiger partial charge in [-0.25, -0.2) is 0 Å². The molecule has 0 aromatic heterocycles. The summed E-state index contributed by atoms with van der Waals surface area (Å²) in [6.07, 6.45) is 0.351. The molecule has 0 atom stereocenters. The maximum atomic E-state index is 12.6. The number of hydrogen-bond donors (Lipinski definition) is 0. The first-order valence-corrected chi connectivity index (χ1v) is 8.61. The summed E-state index contributed by atoms with van der Waals surface area (Å²) in [5.74, 6) is 0.922. The molecule has 0 saturated carbocycles. The molecule has 2 rings (SSSR count). The highest BCUT2D eigenvalue weighted by molar-refractivity contribution is 5.76. The monoisotopic (exact) mass is 341 g/mol. The Hall–Kier alpha value is -2.33. The van der Waals surface area contributed by atoms with Crippen molar-refractivity contribution in [2.75, 3.05) is 26.9 Å². The van der Waals surface area contributed by atoms with Crippen molar-refractivity contribution in [1.29, 1.82) is 0 Å². The quantitative estimate of drug-likeness (QED) is 0.697. The highest BCUT2D eigenvalue weighted by Gasteiger charge is 2.14. The van der Waals surface area contributed by atoms with Crippen LogP contribution in [0, 0.1) is 13.8 Å². The zero-order valence-electron chi connectivity index (χ0n) is 15.3. The third-order valence-corrected chi connectivity index (χ3v) is 4.05. The summed E-state index contributed by atoms with van der Waals surface area (Å²) in [5, 5.41) is 0. The second-order valence-electron chi connectivity index (χ2n) is 6.16. The van der Waals surface area contributed by atoms with Crippen molar-refractivity contribution in [3.8, 4) is 5.75 Å². The van der Waals surface area contributed by atoms with Crippen LogP contribution >= 0.6 is 0 Å². The molecule has 4 heteroatoms. The van der Waals surface area contributed by atoms with Gasteiger partial charge < -0.3 is 14.4 Å². The summed E-state index contributed by atoms with van der Waals surface area (Å²) < 4.78 is 11.0. The van der Waals surface area contributed by atoms with E-state index >= 15 is 0 Å². The molecule has 0 unspecified atom stereocenters. The zero-order chi connectivity index (χ0) is 18.1. The molecular formula is C21H27NO3. The van der Waals surface area contributed by atoms with Gasteiger partial charge in [0.05, 0.1) is 19.6 Å². The van der Waals surface area contributed by atoms with Gasteiger partial charge in [0.25, 0.3) is 0 Å². The Bertz CT molecular complexity index is 670. The van der Waals surface area contributed by atoms with Gasteiger partial charge in [-0.3, -0.25) is 4.79 Å². The maximum Gasteiger partial charge on any atom is 0.226 e. The lowest BCUT2D eigenvalue weighted by Gasteiger charge is -2.23. The van der Waals surface area contributed by atoms with E-state index in [1.54, 1.807) is 7.11 Å². The molecular weight excluding hydrogens is 314 g/mol. The van der Waals surface area contributed by atoms with Crippen LogP contribution in [0.15, 0.2) is 48.5 Å². The van der Waals surface area contributed by atoms with Gasteiger partial charge in [-0.05, 0) is 36.6 Å². The molecule has 2 aromatic rings. The van der Waals surface area contributed by atoms with Gasteiger partial charge in [0.15, 0.2) is 0 Å². The van der Waals surface area contributed by atoms with E-state index in [0.717, 1.165) is 22.4 Å². The first-order chi connectivity index (χ1) is 12.1. The number of carbonyl (C=O) groups is 1. The van der Waals surface area contributed by atoms with Gasteiger partial charge in [0, 0.05) is 20.2 Å². The number of ether oxygens (including phenoxy) is 2. The molecule has 0 fully saturated rings. The smallest absolute Gasteiger partial charge is 0.226 e. The van der Waals surface area contributed by atoms with E-state index in [0.29, 0.717) is 32.7 Å². The molecule has 0 N–H and O–H groups in total. The second-order valence-corrected chi connectivity index (χ2v) is 6.16. The Morgan fingerprint density at radius 2 is 1.80 bits per heavy atom. The van der Waals surface area contributed by atoms with Crippen LogP contribution in [-0.4, -0.2) is 37.7 Å². The van der Waals surface area contributed by atoms with Crippen LogP contribution in [0.1, 0.15) is 23.1 Å². The summed E-state index contributed by atoms with van der Waals surface area (Å²) in [4.78, 5) is 14.4. The van der Waals surface area contributed by atoms with E-state index in [9.17, 15) is 4.79 Å². The average Bonchev–Trinajstić information content (AvgIpc) is 2.62. The molecule has 25 heavy (non-hydrogen) atoms. The molecule has 0 radical (unpaired) electrons. The number of hydrogen-bond acceptors (Lipinski definition) is 3. The molecule has 0 bridgehead atoms. The van der Waals surface area contributed by atoms with Crippen LogP contribution in [0.3, 0.4) is 0 Å². The number of carbonyl (C=O) groups excluding carboxylic acids is 1. The lowest BCUT2D eigenvalue weighted by molar-refractivity contribution is -0.133. The highest BCUT2D eigenvalue weighted by atomic mass is 16.5. The van der Waals surface area contributed by atoms with Crippen LogP contribution in [0.25, 0.3) is 0 Å². The standard InChI is InChI=1S/C21H27NO3/c1-17-9-10-18(2)20(15-17)25-13-11-21(23)22(12-14-24-3)16-19-7-5-4-6-8-19/h4-10,15H,11-14,16H2,1-3H3. The number of amides is 1. The van der Waals surface area contributed by atoms with Gasteiger partial charge in [0.1, 0.15) is 5.75 Å². The molecule has 0 aliphatic heterocycles. The van der Waals surface area contributed by atoms with Crippen LogP contribution < -0.4 is 4.74 Å². The van der Waals surface area contributed by atoms with Gasteiger partial charge >= 0.3 is 0 Å². The van der Waals surface area contributed by atoms with E-state index in [1.807, 2.05) is 61.2 Å². The minimum atomic E-state index is 0.0752. The third-order valence-electron chi connectivity index (χ3n) is 4.05. The van der Waals surface area contributed by atoms with Gasteiger partial charge in [-0.1, -0.05) is 42.5 Å². The van der Waals surface area contributed by atoms with Crippen molar-refractivity contribution < 1.29 is 14.3 Å². The largest absolute Gasteiger partial charge is 0.493 e. The molecule has 0 aliphatic rings. The first kappa shape index (κ1) is 19.0. The third kappa shape index (κ3) is 6.24.